The van der Waals surface area contributed by atoms with E-state index in [1.165, 1.54) is 0 Å². The van der Waals surface area contributed by atoms with Crippen molar-refractivity contribution >= 4 is 27.7 Å². The minimum atomic E-state index is -0.685. The average Bonchev–Trinajstić information content (AvgIpc) is 2.87. The second kappa shape index (κ2) is 13.3. The summed E-state index contributed by atoms with van der Waals surface area (Å²) in [6.45, 7) is 8.08. The fourth-order valence-electron chi connectivity index (χ4n) is 3.91. The zero-order chi connectivity index (χ0) is 26.1. The van der Waals surface area contributed by atoms with E-state index in [1.54, 1.807) is 4.90 Å². The van der Waals surface area contributed by atoms with Crippen LogP contribution in [0.2, 0.25) is 0 Å². The fraction of sp³-hybridized carbons (Fsp3) is 0.333. The molecule has 6 heteroatoms. The van der Waals surface area contributed by atoms with Crippen LogP contribution in [0.25, 0.3) is 0 Å². The Morgan fingerprint density at radius 2 is 1.69 bits per heavy atom. The van der Waals surface area contributed by atoms with Gasteiger partial charge in [0.2, 0.25) is 5.91 Å². The number of amides is 2. The lowest BCUT2D eigenvalue weighted by Crippen LogP contribution is -2.53. The smallest absolute Gasteiger partial charge is 0.261 e. The zero-order valence-electron chi connectivity index (χ0n) is 21.5. The third-order valence-corrected chi connectivity index (χ3v) is 6.70. The molecule has 2 atom stereocenters. The molecule has 0 saturated heterocycles. The Morgan fingerprint density at radius 1 is 0.972 bits per heavy atom. The number of rotatable bonds is 11. The Balaban J connectivity index is 1.93. The molecule has 3 aromatic carbocycles. The van der Waals surface area contributed by atoms with E-state index in [2.05, 4.69) is 21.2 Å². The molecule has 0 aromatic heterocycles. The van der Waals surface area contributed by atoms with Gasteiger partial charge in [-0.3, -0.25) is 9.59 Å². The molecule has 0 heterocycles. The molecule has 2 amide bonds. The first kappa shape index (κ1) is 27.5. The summed E-state index contributed by atoms with van der Waals surface area (Å²) in [5, 5.41) is 3.09. The number of halogens is 1. The first-order valence-corrected chi connectivity index (χ1v) is 13.1. The van der Waals surface area contributed by atoms with Gasteiger partial charge in [-0.25, -0.2) is 0 Å². The van der Waals surface area contributed by atoms with Gasteiger partial charge < -0.3 is 15.0 Å². The van der Waals surface area contributed by atoms with Crippen LogP contribution in [0.1, 0.15) is 42.5 Å². The van der Waals surface area contributed by atoms with Crippen molar-refractivity contribution in [2.45, 2.75) is 59.2 Å². The van der Waals surface area contributed by atoms with Crippen LogP contribution in [0.5, 0.6) is 5.75 Å². The van der Waals surface area contributed by atoms with Crippen molar-refractivity contribution in [3.8, 4) is 5.75 Å². The van der Waals surface area contributed by atoms with Crippen LogP contribution >= 0.6 is 15.9 Å². The number of benzene rings is 3. The van der Waals surface area contributed by atoms with Crippen LogP contribution in [0, 0.1) is 13.8 Å². The Labute approximate surface area is 223 Å². The van der Waals surface area contributed by atoms with E-state index in [0.29, 0.717) is 18.7 Å². The molecule has 0 bridgehead atoms. The Morgan fingerprint density at radius 3 is 2.39 bits per heavy atom. The Hall–Kier alpha value is -3.12. The summed E-state index contributed by atoms with van der Waals surface area (Å²) in [6, 6.07) is 22.8. The standard InChI is InChI=1S/C30H35BrN2O3/c1-5-23(4)32-30(35)27(18-24-10-7-6-8-11-24)33(19-25-12-9-13-26(31)17-25)29(34)20-36-28-16-21(2)14-15-22(28)3/h6-17,23,27H,5,18-20H2,1-4H3,(H,32,35)/t23-,27+/m0/s1. The normalized spacial score (nSPS) is 12.5. The van der Waals surface area contributed by atoms with E-state index in [-0.39, 0.29) is 24.5 Å². The molecule has 0 aliphatic rings. The fourth-order valence-corrected chi connectivity index (χ4v) is 4.36. The molecule has 0 unspecified atom stereocenters. The van der Waals surface area contributed by atoms with Gasteiger partial charge >= 0.3 is 0 Å². The van der Waals surface area contributed by atoms with Crippen molar-refractivity contribution in [2.75, 3.05) is 6.61 Å². The van der Waals surface area contributed by atoms with Crippen LogP contribution in [0.3, 0.4) is 0 Å². The monoisotopic (exact) mass is 550 g/mol. The summed E-state index contributed by atoms with van der Waals surface area (Å²) in [5.74, 6) is 0.272. The highest BCUT2D eigenvalue weighted by Gasteiger charge is 2.31. The van der Waals surface area contributed by atoms with E-state index in [9.17, 15) is 9.59 Å². The minimum absolute atomic E-state index is 0.00443. The predicted octanol–water partition coefficient (Wildman–Crippen LogP) is 6.00. The van der Waals surface area contributed by atoms with Gasteiger partial charge in [0, 0.05) is 23.5 Å². The first-order chi connectivity index (χ1) is 17.3. The molecular weight excluding hydrogens is 516 g/mol. The number of hydrogen-bond acceptors (Lipinski definition) is 3. The number of ether oxygens (including phenoxy) is 1. The number of hydrogen-bond donors (Lipinski definition) is 1. The third kappa shape index (κ3) is 7.95. The third-order valence-electron chi connectivity index (χ3n) is 6.21. The largest absolute Gasteiger partial charge is 0.483 e. The van der Waals surface area contributed by atoms with Crippen LogP contribution in [0.15, 0.2) is 77.3 Å². The summed E-state index contributed by atoms with van der Waals surface area (Å²) >= 11 is 3.52. The molecular formula is C30H35BrN2O3. The molecule has 3 rings (SSSR count). The summed E-state index contributed by atoms with van der Waals surface area (Å²) < 4.78 is 6.89. The zero-order valence-corrected chi connectivity index (χ0v) is 23.0. The molecule has 0 radical (unpaired) electrons. The quantitative estimate of drug-likeness (QED) is 0.318. The van der Waals surface area contributed by atoms with Crippen LogP contribution in [-0.4, -0.2) is 35.4 Å². The maximum atomic E-state index is 13.7. The number of nitrogens with zero attached hydrogens (tertiary/aromatic N) is 1. The lowest BCUT2D eigenvalue weighted by molar-refractivity contribution is -0.143. The van der Waals surface area contributed by atoms with Crippen LogP contribution < -0.4 is 10.1 Å². The molecule has 190 valence electrons. The summed E-state index contributed by atoms with van der Waals surface area (Å²) in [7, 11) is 0. The maximum absolute atomic E-state index is 13.7. The minimum Gasteiger partial charge on any atom is -0.483 e. The number of aryl methyl sites for hydroxylation is 2. The van der Waals surface area contributed by atoms with E-state index >= 15 is 0 Å². The van der Waals surface area contributed by atoms with E-state index < -0.39 is 6.04 Å². The van der Waals surface area contributed by atoms with Gasteiger partial charge in [-0.05, 0) is 67.6 Å². The van der Waals surface area contributed by atoms with Gasteiger partial charge in [-0.2, -0.15) is 0 Å². The molecule has 3 aromatic rings. The van der Waals surface area contributed by atoms with E-state index in [4.69, 9.17) is 4.74 Å². The summed E-state index contributed by atoms with van der Waals surface area (Å²) in [6.07, 6.45) is 1.21. The van der Waals surface area contributed by atoms with Crippen molar-refractivity contribution in [3.05, 3.63) is 99.5 Å². The van der Waals surface area contributed by atoms with Crippen LogP contribution in [-0.2, 0) is 22.6 Å². The lowest BCUT2D eigenvalue weighted by Gasteiger charge is -2.32. The van der Waals surface area contributed by atoms with Crippen molar-refractivity contribution < 1.29 is 14.3 Å². The average molecular weight is 552 g/mol. The van der Waals surface area contributed by atoms with Gasteiger partial charge in [0.1, 0.15) is 11.8 Å². The number of carbonyl (C=O) groups is 2. The highest BCUT2D eigenvalue weighted by molar-refractivity contribution is 9.10. The second-order valence-electron chi connectivity index (χ2n) is 9.23. The van der Waals surface area contributed by atoms with E-state index in [0.717, 1.165) is 33.1 Å². The van der Waals surface area contributed by atoms with E-state index in [1.807, 2.05) is 100 Å². The van der Waals surface area contributed by atoms with Gasteiger partial charge in [0.05, 0.1) is 0 Å². The molecule has 0 fully saturated rings. The van der Waals surface area contributed by atoms with Crippen molar-refractivity contribution in [1.82, 2.24) is 10.2 Å². The Bertz CT molecular complexity index is 1170. The number of carbonyl (C=O) groups excluding carboxylic acids is 2. The molecule has 0 spiro atoms. The SMILES string of the molecule is CC[C@H](C)NC(=O)[C@@H](Cc1ccccc1)N(Cc1cccc(Br)c1)C(=O)COc1cc(C)ccc1C. The van der Waals surface area contributed by atoms with Gasteiger partial charge in [-0.15, -0.1) is 0 Å². The van der Waals surface area contributed by atoms with Crippen molar-refractivity contribution in [1.29, 1.82) is 0 Å². The highest BCUT2D eigenvalue weighted by Crippen LogP contribution is 2.21. The summed E-state index contributed by atoms with van der Waals surface area (Å²) in [5.41, 5.74) is 3.94. The topological polar surface area (TPSA) is 58.6 Å². The Kier molecular flexibility index (Phi) is 10.1. The molecule has 0 aliphatic heterocycles. The molecule has 0 aliphatic carbocycles. The maximum Gasteiger partial charge on any atom is 0.261 e. The number of nitrogens with one attached hydrogen (secondary N) is 1. The van der Waals surface area contributed by atoms with Gasteiger partial charge in [0.25, 0.3) is 5.91 Å². The summed E-state index contributed by atoms with van der Waals surface area (Å²) in [4.78, 5) is 28.9. The molecule has 5 nitrogen and oxygen atoms in total. The highest BCUT2D eigenvalue weighted by atomic mass is 79.9. The van der Waals surface area contributed by atoms with Gasteiger partial charge in [-0.1, -0.05) is 77.5 Å². The molecule has 1 N–H and O–H groups in total. The first-order valence-electron chi connectivity index (χ1n) is 12.3. The lowest BCUT2D eigenvalue weighted by atomic mass is 10.0. The molecule has 36 heavy (non-hydrogen) atoms. The second-order valence-corrected chi connectivity index (χ2v) is 10.1. The predicted molar refractivity (Wildman–Crippen MR) is 148 cm³/mol. The van der Waals surface area contributed by atoms with Crippen molar-refractivity contribution in [2.24, 2.45) is 0 Å². The van der Waals surface area contributed by atoms with Gasteiger partial charge in [0.15, 0.2) is 6.61 Å². The molecule has 0 saturated carbocycles. The van der Waals surface area contributed by atoms with Crippen LogP contribution in [0.4, 0.5) is 0 Å². The van der Waals surface area contributed by atoms with Crippen molar-refractivity contribution in [3.63, 3.8) is 0 Å².